The van der Waals surface area contributed by atoms with E-state index in [0.717, 1.165) is 0 Å². The lowest BCUT2D eigenvalue weighted by Crippen LogP contribution is -2.29. The Bertz CT molecular complexity index is 1210. The number of halogens is 8. The van der Waals surface area contributed by atoms with Crippen LogP contribution >= 0.6 is 58.0 Å². The van der Waals surface area contributed by atoms with E-state index in [1.807, 2.05) is 0 Å². The van der Waals surface area contributed by atoms with E-state index >= 15 is 0 Å². The van der Waals surface area contributed by atoms with Gasteiger partial charge in [0, 0.05) is 41.2 Å². The lowest BCUT2D eigenvalue weighted by atomic mass is 10.1. The largest absolute Gasteiger partial charge is 0.390 e. The third-order valence-electron chi connectivity index (χ3n) is 5.66. The molecule has 1 aliphatic rings. The van der Waals surface area contributed by atoms with Crippen LogP contribution in [0.1, 0.15) is 41.1 Å². The van der Waals surface area contributed by atoms with Gasteiger partial charge in [-0.2, -0.15) is 13.2 Å². The summed E-state index contributed by atoms with van der Waals surface area (Å²) in [6, 6.07) is 9.10. The van der Waals surface area contributed by atoms with E-state index < -0.39 is 53.0 Å². The zero-order chi connectivity index (χ0) is 28.3. The van der Waals surface area contributed by atoms with Gasteiger partial charge in [-0.1, -0.05) is 34.8 Å². The van der Waals surface area contributed by atoms with E-state index in [0.29, 0.717) is 15.6 Å². The van der Waals surface area contributed by atoms with Crippen LogP contribution in [-0.2, 0) is 9.59 Å². The summed E-state index contributed by atoms with van der Waals surface area (Å²) in [6.45, 7) is -0.433. The maximum atomic E-state index is 12.9. The molecule has 0 aromatic heterocycles. The number of carbonyl (C=O) groups is 3. The molecule has 0 radical (unpaired) electrons. The highest BCUT2D eigenvalue weighted by molar-refractivity contribution is 6.53. The molecule has 2 atom stereocenters. The van der Waals surface area contributed by atoms with Crippen LogP contribution in [0.3, 0.4) is 0 Å². The molecule has 0 heterocycles. The normalized spacial score (nSPS) is 18.0. The van der Waals surface area contributed by atoms with Gasteiger partial charge >= 0.3 is 6.18 Å². The van der Waals surface area contributed by atoms with E-state index in [1.54, 1.807) is 18.2 Å². The molecule has 0 bridgehead atoms. The van der Waals surface area contributed by atoms with Gasteiger partial charge in [-0.15, -0.1) is 23.2 Å². The predicted octanol–water partition coefficient (Wildman–Crippen LogP) is 6.75. The molecular weight excluding hydrogens is 613 g/mol. The molecule has 2 aromatic rings. The number of amides is 3. The minimum Gasteiger partial charge on any atom is -0.356 e. The van der Waals surface area contributed by atoms with Crippen LogP contribution in [0.15, 0.2) is 36.4 Å². The zero-order valence-corrected chi connectivity index (χ0v) is 23.2. The summed E-state index contributed by atoms with van der Waals surface area (Å²) < 4.78 is 35.0. The third-order valence-corrected chi connectivity index (χ3v) is 7.36. The summed E-state index contributed by atoms with van der Waals surface area (Å²) in [4.78, 5) is 37.1. The molecular formula is C24H21Cl5F3N3O3. The highest BCUT2D eigenvalue weighted by Crippen LogP contribution is 2.65. The maximum absolute atomic E-state index is 12.9. The van der Waals surface area contributed by atoms with Gasteiger partial charge in [-0.25, -0.2) is 0 Å². The van der Waals surface area contributed by atoms with Crippen molar-refractivity contribution in [1.29, 1.82) is 0 Å². The number of anilines is 1. The first-order chi connectivity index (χ1) is 17.7. The van der Waals surface area contributed by atoms with Crippen LogP contribution in [0, 0.1) is 5.92 Å². The molecule has 6 nitrogen and oxygen atoms in total. The molecule has 1 saturated carbocycles. The van der Waals surface area contributed by atoms with E-state index in [-0.39, 0.29) is 35.7 Å². The number of rotatable bonds is 10. The molecule has 1 fully saturated rings. The number of alkyl halides is 5. The Morgan fingerprint density at radius 1 is 0.921 bits per heavy atom. The molecule has 0 saturated heterocycles. The van der Waals surface area contributed by atoms with Gasteiger partial charge in [0.1, 0.15) is 4.33 Å². The minimum atomic E-state index is -4.35. The molecule has 3 amide bonds. The minimum absolute atomic E-state index is 0.0658. The van der Waals surface area contributed by atoms with Crippen molar-refractivity contribution in [2.24, 2.45) is 5.92 Å². The first-order valence-corrected chi connectivity index (χ1v) is 13.1. The van der Waals surface area contributed by atoms with Crippen LogP contribution in [0.4, 0.5) is 18.9 Å². The fraction of sp³-hybridized carbons (Fsp3) is 0.375. The van der Waals surface area contributed by atoms with Crippen molar-refractivity contribution in [1.82, 2.24) is 10.6 Å². The van der Waals surface area contributed by atoms with Crippen LogP contribution in [0.2, 0.25) is 15.1 Å². The van der Waals surface area contributed by atoms with Crippen LogP contribution in [-0.4, -0.2) is 41.3 Å². The Morgan fingerprint density at radius 3 is 2.21 bits per heavy atom. The Morgan fingerprint density at radius 2 is 1.58 bits per heavy atom. The highest BCUT2D eigenvalue weighted by atomic mass is 35.5. The topological polar surface area (TPSA) is 87.3 Å². The number of carbonyl (C=O) groups excluding carboxylic acids is 3. The Kier molecular flexibility index (Phi) is 10.1. The van der Waals surface area contributed by atoms with Gasteiger partial charge < -0.3 is 16.0 Å². The number of nitrogens with one attached hydrogen (secondary N) is 3. The average Bonchev–Trinajstić information content (AvgIpc) is 3.38. The summed E-state index contributed by atoms with van der Waals surface area (Å²) in [5.41, 5.74) is 0.946. The summed E-state index contributed by atoms with van der Waals surface area (Å²) >= 11 is 31.0. The predicted molar refractivity (Wildman–Crippen MR) is 142 cm³/mol. The molecule has 14 heteroatoms. The Hall–Kier alpha value is -1.91. The summed E-state index contributed by atoms with van der Waals surface area (Å²) in [6.07, 6.45) is -5.34. The van der Waals surface area contributed by atoms with E-state index in [2.05, 4.69) is 16.0 Å². The SMILES string of the molecule is O=C(CCCNC(=O)c1cc(NC(=O)[C@H]2[C@H](c3cc(Cl)cc(Cl)c3)C2(Cl)Cl)ccc1Cl)NCCC(F)(F)F. The van der Waals surface area contributed by atoms with E-state index in [4.69, 9.17) is 58.0 Å². The lowest BCUT2D eigenvalue weighted by Gasteiger charge is -2.11. The summed E-state index contributed by atoms with van der Waals surface area (Å²) in [5.74, 6) is -2.97. The molecule has 206 valence electrons. The first-order valence-electron chi connectivity index (χ1n) is 11.2. The van der Waals surface area contributed by atoms with Gasteiger partial charge in [-0.3, -0.25) is 14.4 Å². The van der Waals surface area contributed by atoms with Crippen molar-refractivity contribution in [2.75, 3.05) is 18.4 Å². The second-order valence-electron chi connectivity index (χ2n) is 8.59. The van der Waals surface area contributed by atoms with Crippen LogP contribution in [0.25, 0.3) is 0 Å². The van der Waals surface area contributed by atoms with Gasteiger partial charge in [0.05, 0.1) is 22.9 Å². The Labute approximate surface area is 241 Å². The zero-order valence-electron chi connectivity index (χ0n) is 19.4. The van der Waals surface area contributed by atoms with Crippen molar-refractivity contribution >= 4 is 81.4 Å². The van der Waals surface area contributed by atoms with Crippen molar-refractivity contribution in [3.63, 3.8) is 0 Å². The second-order valence-corrected chi connectivity index (χ2v) is 11.3. The van der Waals surface area contributed by atoms with Crippen molar-refractivity contribution in [3.05, 3.63) is 62.6 Å². The lowest BCUT2D eigenvalue weighted by molar-refractivity contribution is -0.135. The molecule has 0 unspecified atom stereocenters. The molecule has 3 N–H and O–H groups in total. The standard InChI is InChI=1S/C24H21Cl5F3N3O3/c25-13-8-12(9-14(26)10-13)19-20(24(19,28)29)22(38)35-15-3-4-17(27)16(11-15)21(37)34-6-1-2-18(36)33-7-5-23(30,31)32/h3-4,8-11,19-20H,1-2,5-7H2,(H,33,36)(H,34,37)(H,35,38)/t19-,20+/m0/s1. The monoisotopic (exact) mass is 631 g/mol. The Balaban J connectivity index is 1.54. The first kappa shape index (κ1) is 30.6. The fourth-order valence-electron chi connectivity index (χ4n) is 3.80. The van der Waals surface area contributed by atoms with Crippen molar-refractivity contribution in [3.8, 4) is 0 Å². The van der Waals surface area contributed by atoms with Crippen LogP contribution in [0.5, 0.6) is 0 Å². The van der Waals surface area contributed by atoms with Crippen LogP contribution < -0.4 is 16.0 Å². The molecule has 2 aromatic carbocycles. The third kappa shape index (κ3) is 8.29. The quantitative estimate of drug-likeness (QED) is 0.200. The summed E-state index contributed by atoms with van der Waals surface area (Å²) in [5, 5.41) is 8.29. The van der Waals surface area contributed by atoms with E-state index in [9.17, 15) is 27.6 Å². The molecule has 0 spiro atoms. The fourth-order valence-corrected chi connectivity index (χ4v) is 5.37. The molecule has 1 aliphatic carbocycles. The number of hydrogen-bond acceptors (Lipinski definition) is 3. The summed E-state index contributed by atoms with van der Waals surface area (Å²) in [7, 11) is 0. The maximum Gasteiger partial charge on any atom is 0.390 e. The van der Waals surface area contributed by atoms with Gasteiger partial charge in [-0.05, 0) is 48.4 Å². The smallest absolute Gasteiger partial charge is 0.356 e. The second kappa shape index (κ2) is 12.5. The molecule has 38 heavy (non-hydrogen) atoms. The van der Waals surface area contributed by atoms with Crippen molar-refractivity contribution < 1.29 is 27.6 Å². The number of hydrogen-bond donors (Lipinski definition) is 3. The van der Waals surface area contributed by atoms with Gasteiger partial charge in [0.2, 0.25) is 11.8 Å². The average molecular weight is 634 g/mol. The number of benzene rings is 2. The highest BCUT2D eigenvalue weighted by Gasteiger charge is 2.67. The van der Waals surface area contributed by atoms with E-state index in [1.165, 1.54) is 18.2 Å². The van der Waals surface area contributed by atoms with Crippen molar-refractivity contribution in [2.45, 2.75) is 35.7 Å². The van der Waals surface area contributed by atoms with Gasteiger partial charge in [0.25, 0.3) is 5.91 Å². The molecule has 3 rings (SSSR count). The molecule has 0 aliphatic heterocycles. The van der Waals surface area contributed by atoms with Gasteiger partial charge in [0.15, 0.2) is 0 Å².